The molecule has 0 radical (unpaired) electrons. The van der Waals surface area contributed by atoms with Crippen molar-refractivity contribution in [3.05, 3.63) is 41.2 Å². The van der Waals surface area contributed by atoms with Crippen molar-refractivity contribution in [2.45, 2.75) is 13.3 Å². The van der Waals surface area contributed by atoms with E-state index in [9.17, 15) is 4.39 Å². The van der Waals surface area contributed by atoms with Gasteiger partial charge >= 0.3 is 0 Å². The van der Waals surface area contributed by atoms with E-state index in [4.69, 9.17) is 0 Å². The van der Waals surface area contributed by atoms with Gasteiger partial charge in [0.1, 0.15) is 5.82 Å². The molecule has 1 nitrogen and oxygen atoms in total. The summed E-state index contributed by atoms with van der Waals surface area (Å²) in [7, 11) is 0. The Bertz CT molecular complexity index is 356. The predicted molar refractivity (Wildman–Crippen MR) is 63.7 cm³/mol. The molecule has 15 heavy (non-hydrogen) atoms. The summed E-state index contributed by atoms with van der Waals surface area (Å²) in [6.07, 6.45) is 1.04. The lowest BCUT2D eigenvalue weighted by Crippen LogP contribution is -2.23. The molecule has 0 aliphatic carbocycles. The van der Waals surface area contributed by atoms with E-state index < -0.39 is 0 Å². The molecule has 0 bridgehead atoms. The molecule has 1 heterocycles. The quantitative estimate of drug-likeness (QED) is 0.778. The van der Waals surface area contributed by atoms with Crippen LogP contribution >= 0.6 is 12.4 Å². The molecule has 0 spiro atoms. The molecule has 0 saturated heterocycles. The number of hydrogen-bond acceptors (Lipinski definition) is 1. The third-order valence-corrected chi connectivity index (χ3v) is 2.65. The molecule has 1 aromatic carbocycles. The average Bonchev–Trinajstić information content (AvgIpc) is 2.20. The lowest BCUT2D eigenvalue weighted by atomic mass is 9.95. The maximum Gasteiger partial charge on any atom is 0.123 e. The van der Waals surface area contributed by atoms with Crippen LogP contribution in [0.3, 0.4) is 0 Å². The molecular weight excluding hydrogens is 213 g/mol. The first-order valence-electron chi connectivity index (χ1n) is 4.92. The highest BCUT2D eigenvalue weighted by Crippen LogP contribution is 2.24. The molecule has 82 valence electrons. The SMILES string of the molecule is CC1=C(c2ccc(F)cc2)CCNC1.Cl. The van der Waals surface area contributed by atoms with Crippen molar-refractivity contribution < 1.29 is 4.39 Å². The Kier molecular flexibility index (Phi) is 4.30. The molecular formula is C12H15ClFN. The van der Waals surface area contributed by atoms with Crippen molar-refractivity contribution in [3.63, 3.8) is 0 Å². The zero-order valence-electron chi connectivity index (χ0n) is 8.72. The van der Waals surface area contributed by atoms with E-state index in [1.165, 1.54) is 23.3 Å². The first kappa shape index (κ1) is 12.2. The summed E-state index contributed by atoms with van der Waals surface area (Å²) >= 11 is 0. The zero-order chi connectivity index (χ0) is 9.97. The Hall–Kier alpha value is -0.860. The van der Waals surface area contributed by atoms with Crippen LogP contribution < -0.4 is 5.32 Å². The van der Waals surface area contributed by atoms with Gasteiger partial charge in [0.2, 0.25) is 0 Å². The van der Waals surface area contributed by atoms with Crippen LogP contribution in [0.15, 0.2) is 29.8 Å². The fourth-order valence-electron chi connectivity index (χ4n) is 1.85. The van der Waals surface area contributed by atoms with Gasteiger partial charge in [0.05, 0.1) is 0 Å². The van der Waals surface area contributed by atoms with Crippen molar-refractivity contribution in [2.24, 2.45) is 0 Å². The van der Waals surface area contributed by atoms with Gasteiger partial charge in [-0.25, -0.2) is 4.39 Å². The van der Waals surface area contributed by atoms with Crippen LogP contribution in [0, 0.1) is 5.82 Å². The van der Waals surface area contributed by atoms with Gasteiger partial charge in [0.25, 0.3) is 0 Å². The second-order valence-corrected chi connectivity index (χ2v) is 3.69. The summed E-state index contributed by atoms with van der Waals surface area (Å²) in [5.41, 5.74) is 3.89. The van der Waals surface area contributed by atoms with Gasteiger partial charge in [0.15, 0.2) is 0 Å². The normalized spacial score (nSPS) is 16.1. The summed E-state index contributed by atoms with van der Waals surface area (Å²) in [6.45, 7) is 4.10. The van der Waals surface area contributed by atoms with Crippen LogP contribution in [0.5, 0.6) is 0 Å². The third kappa shape index (κ3) is 2.80. The molecule has 0 fully saturated rings. The Morgan fingerprint density at radius 1 is 1.20 bits per heavy atom. The van der Waals surface area contributed by atoms with Crippen molar-refractivity contribution >= 4 is 18.0 Å². The van der Waals surface area contributed by atoms with E-state index in [0.29, 0.717) is 0 Å². The topological polar surface area (TPSA) is 12.0 Å². The van der Waals surface area contributed by atoms with Crippen LogP contribution in [0.25, 0.3) is 5.57 Å². The van der Waals surface area contributed by atoms with E-state index in [0.717, 1.165) is 25.1 Å². The fraction of sp³-hybridized carbons (Fsp3) is 0.333. The van der Waals surface area contributed by atoms with Crippen molar-refractivity contribution in [1.29, 1.82) is 0 Å². The monoisotopic (exact) mass is 227 g/mol. The highest BCUT2D eigenvalue weighted by atomic mass is 35.5. The lowest BCUT2D eigenvalue weighted by molar-refractivity contribution is 0.627. The smallest absolute Gasteiger partial charge is 0.123 e. The minimum Gasteiger partial charge on any atom is -0.313 e. The summed E-state index contributed by atoms with van der Waals surface area (Å²) in [5.74, 6) is -0.166. The molecule has 2 rings (SSSR count). The van der Waals surface area contributed by atoms with Crippen molar-refractivity contribution in [1.82, 2.24) is 5.32 Å². The molecule has 0 atom stereocenters. The Balaban J connectivity index is 0.00000112. The first-order valence-corrected chi connectivity index (χ1v) is 4.92. The van der Waals surface area contributed by atoms with Gasteiger partial charge in [-0.2, -0.15) is 0 Å². The molecule has 1 aliphatic heterocycles. The summed E-state index contributed by atoms with van der Waals surface area (Å²) in [5, 5.41) is 3.31. The molecule has 0 amide bonds. The van der Waals surface area contributed by atoms with Gasteiger partial charge in [0, 0.05) is 6.54 Å². The molecule has 3 heteroatoms. The molecule has 1 aromatic rings. The molecule has 0 saturated carbocycles. The number of rotatable bonds is 1. The summed E-state index contributed by atoms with van der Waals surface area (Å²) in [4.78, 5) is 0. The van der Waals surface area contributed by atoms with E-state index in [-0.39, 0.29) is 18.2 Å². The van der Waals surface area contributed by atoms with Crippen molar-refractivity contribution in [3.8, 4) is 0 Å². The summed E-state index contributed by atoms with van der Waals surface area (Å²) in [6, 6.07) is 6.77. The number of nitrogens with one attached hydrogen (secondary N) is 1. The second-order valence-electron chi connectivity index (χ2n) is 3.69. The minimum atomic E-state index is -0.166. The zero-order valence-corrected chi connectivity index (χ0v) is 9.53. The molecule has 1 N–H and O–H groups in total. The maximum atomic E-state index is 12.7. The van der Waals surface area contributed by atoms with Gasteiger partial charge in [-0.05, 0) is 43.2 Å². The standard InChI is InChI=1S/C12H14FN.ClH/c1-9-8-14-7-6-12(9)10-2-4-11(13)5-3-10;/h2-5,14H,6-8H2,1H3;1H. The van der Waals surface area contributed by atoms with Gasteiger partial charge < -0.3 is 5.32 Å². The highest BCUT2D eigenvalue weighted by Gasteiger charge is 2.10. The lowest BCUT2D eigenvalue weighted by Gasteiger charge is -2.19. The van der Waals surface area contributed by atoms with Gasteiger partial charge in [-0.3, -0.25) is 0 Å². The van der Waals surface area contributed by atoms with Gasteiger partial charge in [-0.1, -0.05) is 17.7 Å². The van der Waals surface area contributed by atoms with Crippen LogP contribution in [-0.2, 0) is 0 Å². The number of halogens is 2. The Morgan fingerprint density at radius 3 is 2.47 bits per heavy atom. The van der Waals surface area contributed by atoms with E-state index in [1.54, 1.807) is 0 Å². The molecule has 0 unspecified atom stereocenters. The number of hydrogen-bond donors (Lipinski definition) is 1. The third-order valence-electron chi connectivity index (χ3n) is 2.65. The van der Waals surface area contributed by atoms with E-state index in [2.05, 4.69) is 12.2 Å². The number of benzene rings is 1. The minimum absolute atomic E-state index is 0. The van der Waals surface area contributed by atoms with Crippen LogP contribution in [-0.4, -0.2) is 13.1 Å². The van der Waals surface area contributed by atoms with Crippen molar-refractivity contribution in [2.75, 3.05) is 13.1 Å². The molecule has 1 aliphatic rings. The maximum absolute atomic E-state index is 12.7. The van der Waals surface area contributed by atoms with E-state index in [1.807, 2.05) is 12.1 Å². The van der Waals surface area contributed by atoms with E-state index >= 15 is 0 Å². The van der Waals surface area contributed by atoms with Gasteiger partial charge in [-0.15, -0.1) is 12.4 Å². The van der Waals surface area contributed by atoms with Crippen LogP contribution in [0.4, 0.5) is 4.39 Å². The first-order chi connectivity index (χ1) is 6.77. The highest BCUT2D eigenvalue weighted by molar-refractivity contribution is 5.85. The van der Waals surface area contributed by atoms with Crippen LogP contribution in [0.2, 0.25) is 0 Å². The molecule has 0 aromatic heterocycles. The van der Waals surface area contributed by atoms with Crippen LogP contribution in [0.1, 0.15) is 18.9 Å². The average molecular weight is 228 g/mol. The Morgan fingerprint density at radius 2 is 1.87 bits per heavy atom. The predicted octanol–water partition coefficient (Wildman–Crippen LogP) is 3.01. The summed E-state index contributed by atoms with van der Waals surface area (Å²) < 4.78 is 12.7. The largest absolute Gasteiger partial charge is 0.313 e. The Labute approximate surface area is 95.8 Å². The fourth-order valence-corrected chi connectivity index (χ4v) is 1.85. The second kappa shape index (κ2) is 5.29.